The van der Waals surface area contributed by atoms with Gasteiger partial charge in [-0.15, -0.1) is 0 Å². The van der Waals surface area contributed by atoms with E-state index in [2.05, 4.69) is 20.9 Å². The standard InChI is InChI=1S/C17H23BrN4O3/c1-17(2,3)25-16(24)21-7-5-12(6-8-21)22-14-13(20(4)15(22)23)9-11(18)10-19-14/h9-10,12H,5-8H2,1-4H3. The topological polar surface area (TPSA) is 69.4 Å². The van der Waals surface area contributed by atoms with Crippen LogP contribution in [0.4, 0.5) is 4.79 Å². The van der Waals surface area contributed by atoms with Gasteiger partial charge in [0.1, 0.15) is 5.60 Å². The second-order valence-electron chi connectivity index (χ2n) is 7.41. The number of hydrogen-bond acceptors (Lipinski definition) is 4. The molecule has 0 aliphatic carbocycles. The van der Waals surface area contributed by atoms with Crippen LogP contribution in [0, 0.1) is 0 Å². The molecule has 1 aliphatic rings. The van der Waals surface area contributed by atoms with Gasteiger partial charge in [-0.05, 0) is 55.6 Å². The molecule has 2 aromatic heterocycles. The molecule has 3 rings (SSSR count). The van der Waals surface area contributed by atoms with Gasteiger partial charge in [0, 0.05) is 36.8 Å². The third-order valence-electron chi connectivity index (χ3n) is 4.38. The Morgan fingerprint density at radius 3 is 2.56 bits per heavy atom. The molecule has 1 aliphatic heterocycles. The Hall–Kier alpha value is -1.83. The van der Waals surface area contributed by atoms with E-state index in [0.717, 1.165) is 9.99 Å². The number of aryl methyl sites for hydroxylation is 1. The number of ether oxygens (including phenoxy) is 1. The van der Waals surface area contributed by atoms with Crippen LogP contribution in [0.5, 0.6) is 0 Å². The van der Waals surface area contributed by atoms with Crippen molar-refractivity contribution in [3.05, 3.63) is 27.2 Å². The molecule has 0 bridgehead atoms. The Balaban J connectivity index is 1.80. The van der Waals surface area contributed by atoms with E-state index in [4.69, 9.17) is 4.74 Å². The minimum Gasteiger partial charge on any atom is -0.444 e. The van der Waals surface area contributed by atoms with Crippen molar-refractivity contribution in [2.45, 2.75) is 45.3 Å². The summed E-state index contributed by atoms with van der Waals surface area (Å²) in [5.41, 5.74) is 0.911. The lowest BCUT2D eigenvalue weighted by Gasteiger charge is -2.33. The molecule has 1 saturated heterocycles. The highest BCUT2D eigenvalue weighted by Crippen LogP contribution is 2.26. The molecule has 25 heavy (non-hydrogen) atoms. The molecule has 0 N–H and O–H groups in total. The van der Waals surface area contributed by atoms with Crippen molar-refractivity contribution in [1.29, 1.82) is 0 Å². The van der Waals surface area contributed by atoms with Gasteiger partial charge >= 0.3 is 11.8 Å². The normalized spacial score (nSPS) is 16.4. The lowest BCUT2D eigenvalue weighted by molar-refractivity contribution is 0.0188. The molecule has 136 valence electrons. The molecule has 0 radical (unpaired) electrons. The van der Waals surface area contributed by atoms with E-state index in [1.807, 2.05) is 26.8 Å². The maximum absolute atomic E-state index is 12.7. The predicted molar refractivity (Wildman–Crippen MR) is 98.8 cm³/mol. The second kappa shape index (κ2) is 6.48. The Morgan fingerprint density at radius 1 is 1.32 bits per heavy atom. The molecular formula is C17H23BrN4O3. The minimum absolute atomic E-state index is 0.0311. The van der Waals surface area contributed by atoms with E-state index in [1.165, 1.54) is 0 Å². The number of piperidine rings is 1. The number of carbonyl (C=O) groups is 1. The predicted octanol–water partition coefficient (Wildman–Crippen LogP) is 3.07. The summed E-state index contributed by atoms with van der Waals surface area (Å²) in [6.07, 6.45) is 2.82. The summed E-state index contributed by atoms with van der Waals surface area (Å²) in [5, 5.41) is 0. The van der Waals surface area contributed by atoms with Crippen molar-refractivity contribution in [2.24, 2.45) is 7.05 Å². The summed E-state index contributed by atoms with van der Waals surface area (Å²) in [6, 6.07) is 1.93. The van der Waals surface area contributed by atoms with E-state index in [-0.39, 0.29) is 17.8 Å². The van der Waals surface area contributed by atoms with Gasteiger partial charge in [0.15, 0.2) is 5.65 Å². The summed E-state index contributed by atoms with van der Waals surface area (Å²) in [6.45, 7) is 6.71. The van der Waals surface area contributed by atoms with Crippen LogP contribution in [0.1, 0.15) is 39.7 Å². The number of amides is 1. The van der Waals surface area contributed by atoms with E-state index in [1.54, 1.807) is 27.3 Å². The molecule has 7 nitrogen and oxygen atoms in total. The maximum atomic E-state index is 12.7. The average molecular weight is 411 g/mol. The van der Waals surface area contributed by atoms with Crippen LogP contribution in [0.15, 0.2) is 21.5 Å². The molecule has 3 heterocycles. The molecule has 0 saturated carbocycles. The molecule has 8 heteroatoms. The molecule has 2 aromatic rings. The zero-order valence-corrected chi connectivity index (χ0v) is 16.5. The summed E-state index contributed by atoms with van der Waals surface area (Å²) < 4.78 is 9.64. The number of nitrogens with zero attached hydrogens (tertiary/aromatic N) is 4. The highest BCUT2D eigenvalue weighted by atomic mass is 79.9. The van der Waals surface area contributed by atoms with Crippen LogP contribution in [0.2, 0.25) is 0 Å². The average Bonchev–Trinajstić information content (AvgIpc) is 2.77. The Bertz CT molecular complexity index is 857. The van der Waals surface area contributed by atoms with Crippen LogP contribution in [0.25, 0.3) is 11.2 Å². The van der Waals surface area contributed by atoms with Crippen LogP contribution in [-0.4, -0.2) is 43.8 Å². The Kier molecular flexibility index (Phi) is 4.66. The lowest BCUT2D eigenvalue weighted by Crippen LogP contribution is -2.43. The van der Waals surface area contributed by atoms with Gasteiger partial charge in [-0.25, -0.2) is 14.6 Å². The first-order valence-corrected chi connectivity index (χ1v) is 9.17. The molecule has 1 amide bonds. The fourth-order valence-electron chi connectivity index (χ4n) is 3.17. The van der Waals surface area contributed by atoms with Gasteiger partial charge in [-0.2, -0.15) is 0 Å². The molecule has 0 aromatic carbocycles. The van der Waals surface area contributed by atoms with Crippen LogP contribution in [0.3, 0.4) is 0 Å². The van der Waals surface area contributed by atoms with Crippen molar-refractivity contribution >= 4 is 33.2 Å². The Morgan fingerprint density at radius 2 is 1.96 bits per heavy atom. The first kappa shape index (κ1) is 18.0. The van der Waals surface area contributed by atoms with Crippen molar-refractivity contribution in [3.63, 3.8) is 0 Å². The van der Waals surface area contributed by atoms with Crippen molar-refractivity contribution in [2.75, 3.05) is 13.1 Å². The van der Waals surface area contributed by atoms with Crippen LogP contribution >= 0.6 is 15.9 Å². The minimum atomic E-state index is -0.502. The van der Waals surface area contributed by atoms with Crippen molar-refractivity contribution < 1.29 is 9.53 Å². The molecule has 0 spiro atoms. The summed E-state index contributed by atoms with van der Waals surface area (Å²) in [4.78, 5) is 31.0. The fourth-order valence-corrected chi connectivity index (χ4v) is 3.49. The first-order chi connectivity index (χ1) is 11.7. The third kappa shape index (κ3) is 3.58. The number of aromatic nitrogens is 3. The number of pyridine rings is 1. The van der Waals surface area contributed by atoms with Gasteiger partial charge in [0.25, 0.3) is 0 Å². The van der Waals surface area contributed by atoms with Crippen molar-refractivity contribution in [3.8, 4) is 0 Å². The van der Waals surface area contributed by atoms with E-state index < -0.39 is 5.60 Å². The highest BCUT2D eigenvalue weighted by molar-refractivity contribution is 9.10. The van der Waals surface area contributed by atoms with Crippen LogP contribution < -0.4 is 5.69 Å². The zero-order chi connectivity index (χ0) is 18.4. The van der Waals surface area contributed by atoms with Crippen molar-refractivity contribution in [1.82, 2.24) is 19.0 Å². The number of likely N-dealkylation sites (tertiary alicyclic amines) is 1. The SMILES string of the molecule is Cn1c(=O)n(C2CCN(C(=O)OC(C)(C)C)CC2)c2ncc(Br)cc21. The van der Waals surface area contributed by atoms with Gasteiger partial charge in [0.2, 0.25) is 0 Å². The number of hydrogen-bond donors (Lipinski definition) is 0. The van der Waals surface area contributed by atoms with E-state index in [0.29, 0.717) is 31.6 Å². The fraction of sp³-hybridized carbons (Fsp3) is 0.588. The van der Waals surface area contributed by atoms with Gasteiger partial charge in [0.05, 0.1) is 5.52 Å². The summed E-state index contributed by atoms with van der Waals surface area (Å²) >= 11 is 3.40. The summed E-state index contributed by atoms with van der Waals surface area (Å²) in [7, 11) is 1.76. The van der Waals surface area contributed by atoms with Gasteiger partial charge in [-0.3, -0.25) is 9.13 Å². The quantitative estimate of drug-likeness (QED) is 0.724. The Labute approximate surface area is 154 Å². The number of rotatable bonds is 1. The number of carbonyl (C=O) groups excluding carboxylic acids is 1. The monoisotopic (exact) mass is 410 g/mol. The van der Waals surface area contributed by atoms with Gasteiger partial charge < -0.3 is 9.64 Å². The van der Waals surface area contributed by atoms with Crippen LogP contribution in [-0.2, 0) is 11.8 Å². The number of halogens is 1. The zero-order valence-electron chi connectivity index (χ0n) is 15.0. The van der Waals surface area contributed by atoms with Gasteiger partial charge in [-0.1, -0.05) is 0 Å². The molecule has 1 fully saturated rings. The first-order valence-electron chi connectivity index (χ1n) is 8.38. The molecule has 0 atom stereocenters. The largest absolute Gasteiger partial charge is 0.444 e. The highest BCUT2D eigenvalue weighted by Gasteiger charge is 2.29. The van der Waals surface area contributed by atoms with E-state index >= 15 is 0 Å². The van der Waals surface area contributed by atoms with E-state index in [9.17, 15) is 9.59 Å². The lowest BCUT2D eigenvalue weighted by atomic mass is 10.1. The number of imidazole rings is 1. The molecular weight excluding hydrogens is 388 g/mol. The number of fused-ring (bicyclic) bond motifs is 1. The smallest absolute Gasteiger partial charge is 0.410 e. The maximum Gasteiger partial charge on any atom is 0.410 e. The molecule has 0 unspecified atom stereocenters. The third-order valence-corrected chi connectivity index (χ3v) is 4.81. The summed E-state index contributed by atoms with van der Waals surface area (Å²) in [5.74, 6) is 0. The second-order valence-corrected chi connectivity index (χ2v) is 8.32.